The van der Waals surface area contributed by atoms with Crippen molar-refractivity contribution in [1.82, 2.24) is 24.8 Å². The Bertz CT molecular complexity index is 1180. The molecule has 8 nitrogen and oxygen atoms in total. The van der Waals surface area contributed by atoms with Crippen LogP contribution in [0.3, 0.4) is 0 Å². The van der Waals surface area contributed by atoms with Crippen LogP contribution in [0.25, 0.3) is 16.9 Å². The van der Waals surface area contributed by atoms with Gasteiger partial charge in [-0.15, -0.1) is 5.10 Å². The third-order valence-corrected chi connectivity index (χ3v) is 5.18. The number of aromatic nitrogens is 4. The van der Waals surface area contributed by atoms with Gasteiger partial charge in [-0.3, -0.25) is 4.79 Å². The number of hydrogen-bond acceptors (Lipinski definition) is 7. The first-order valence-corrected chi connectivity index (χ1v) is 9.85. The van der Waals surface area contributed by atoms with Crippen molar-refractivity contribution in [1.29, 1.82) is 0 Å². The second kappa shape index (κ2) is 8.66. The largest absolute Gasteiger partial charge is 0.497 e. The molecule has 2 aromatic heterocycles. The minimum atomic E-state index is -0.347. The molecule has 0 spiro atoms. The van der Waals surface area contributed by atoms with Gasteiger partial charge in [0.05, 0.1) is 24.7 Å². The van der Waals surface area contributed by atoms with Crippen molar-refractivity contribution in [3.63, 3.8) is 0 Å². The topological polar surface area (TPSA) is 94.3 Å². The summed E-state index contributed by atoms with van der Waals surface area (Å²) in [7, 11) is 1.63. The van der Waals surface area contributed by atoms with Gasteiger partial charge in [0.25, 0.3) is 5.91 Å². The van der Waals surface area contributed by atoms with Crippen LogP contribution in [0.15, 0.2) is 65.9 Å². The molecule has 30 heavy (non-hydrogen) atoms. The lowest BCUT2D eigenvalue weighted by atomic mass is 10.1. The lowest BCUT2D eigenvalue weighted by Gasteiger charge is -2.02. The minimum absolute atomic E-state index is 0.347. The summed E-state index contributed by atoms with van der Waals surface area (Å²) in [5, 5.41) is 12.7. The van der Waals surface area contributed by atoms with Crippen LogP contribution in [-0.4, -0.2) is 38.6 Å². The van der Waals surface area contributed by atoms with Gasteiger partial charge in [0.1, 0.15) is 16.3 Å². The molecular formula is C21H18N6O2S. The molecule has 1 amide bonds. The molecule has 0 saturated heterocycles. The molecule has 0 radical (unpaired) electrons. The number of hydrazone groups is 1. The number of benzene rings is 2. The molecule has 0 atom stereocenters. The lowest BCUT2D eigenvalue weighted by molar-refractivity contribution is 0.0958. The number of hydrogen-bond donors (Lipinski definition) is 1. The van der Waals surface area contributed by atoms with Crippen molar-refractivity contribution < 1.29 is 9.53 Å². The number of carbonyl (C=O) groups excluding carboxylic acids is 1. The average molecular weight is 418 g/mol. The fourth-order valence-electron chi connectivity index (χ4n) is 2.82. The van der Waals surface area contributed by atoms with Gasteiger partial charge in [0.15, 0.2) is 0 Å². The summed E-state index contributed by atoms with van der Waals surface area (Å²) in [6.45, 7) is 1.73. The number of nitrogens with one attached hydrogen (secondary N) is 1. The Morgan fingerprint density at radius 2 is 1.93 bits per heavy atom. The van der Waals surface area contributed by atoms with E-state index in [9.17, 15) is 4.79 Å². The van der Waals surface area contributed by atoms with Crippen LogP contribution >= 0.6 is 11.5 Å². The highest BCUT2D eigenvalue weighted by Gasteiger charge is 2.14. The average Bonchev–Trinajstić information content (AvgIpc) is 3.41. The predicted octanol–water partition coefficient (Wildman–Crippen LogP) is 3.47. The Kier molecular flexibility index (Phi) is 5.62. The number of para-hydroxylation sites is 1. The molecule has 0 saturated carbocycles. The molecular weight excluding hydrogens is 400 g/mol. The zero-order valence-corrected chi connectivity index (χ0v) is 17.1. The van der Waals surface area contributed by atoms with Gasteiger partial charge in [-0.1, -0.05) is 22.7 Å². The molecule has 2 heterocycles. The third-order valence-electron chi connectivity index (χ3n) is 4.35. The van der Waals surface area contributed by atoms with Gasteiger partial charge in [0, 0.05) is 17.3 Å². The van der Waals surface area contributed by atoms with E-state index in [-0.39, 0.29) is 5.91 Å². The van der Waals surface area contributed by atoms with Gasteiger partial charge < -0.3 is 4.74 Å². The first-order valence-electron chi connectivity index (χ1n) is 9.07. The van der Waals surface area contributed by atoms with Crippen LogP contribution in [0, 0.1) is 6.92 Å². The Morgan fingerprint density at radius 1 is 1.17 bits per heavy atom. The molecule has 0 unspecified atom stereocenters. The second-order valence-electron chi connectivity index (χ2n) is 6.33. The summed E-state index contributed by atoms with van der Waals surface area (Å²) < 4.78 is 10.8. The number of amides is 1. The fourth-order valence-corrected chi connectivity index (χ4v) is 3.37. The Labute approximate surface area is 177 Å². The normalized spacial score (nSPS) is 11.0. The van der Waals surface area contributed by atoms with E-state index in [2.05, 4.69) is 20.1 Å². The standard InChI is InChI=1S/C21H18N6O2S/c1-14-20(30-26-23-14)21(28)24-22-12-16-13-27(17-6-4-3-5-7-17)25-19(16)15-8-10-18(29-2)11-9-15/h3-13H,1-2H3,(H,24,28)/b22-12-. The smallest absolute Gasteiger partial charge is 0.285 e. The van der Waals surface area contributed by atoms with Gasteiger partial charge >= 0.3 is 0 Å². The highest BCUT2D eigenvalue weighted by Crippen LogP contribution is 2.25. The Hall–Kier alpha value is -3.85. The molecule has 4 aromatic rings. The quantitative estimate of drug-likeness (QED) is 0.382. The highest BCUT2D eigenvalue weighted by atomic mass is 32.1. The summed E-state index contributed by atoms with van der Waals surface area (Å²) >= 11 is 1.03. The molecule has 1 N–H and O–H groups in total. The summed E-state index contributed by atoms with van der Waals surface area (Å²) in [6.07, 6.45) is 3.44. The highest BCUT2D eigenvalue weighted by molar-refractivity contribution is 7.07. The number of nitrogens with zero attached hydrogens (tertiary/aromatic N) is 5. The van der Waals surface area contributed by atoms with E-state index in [4.69, 9.17) is 9.84 Å². The second-order valence-corrected chi connectivity index (χ2v) is 7.08. The number of ether oxygens (including phenoxy) is 1. The Balaban J connectivity index is 1.65. The van der Waals surface area contributed by atoms with Crippen LogP contribution in [0.5, 0.6) is 5.75 Å². The van der Waals surface area contributed by atoms with E-state index in [1.807, 2.05) is 60.8 Å². The van der Waals surface area contributed by atoms with E-state index in [0.717, 1.165) is 39.8 Å². The predicted molar refractivity (Wildman–Crippen MR) is 115 cm³/mol. The maximum Gasteiger partial charge on any atom is 0.285 e. The third kappa shape index (κ3) is 4.11. The van der Waals surface area contributed by atoms with Crippen LogP contribution < -0.4 is 10.2 Å². The van der Waals surface area contributed by atoms with Crippen molar-refractivity contribution in [2.45, 2.75) is 6.92 Å². The molecule has 4 rings (SSSR count). The summed E-state index contributed by atoms with van der Waals surface area (Å²) in [5.74, 6) is 0.414. The van der Waals surface area contributed by atoms with Gasteiger partial charge in [-0.25, -0.2) is 10.1 Å². The lowest BCUT2D eigenvalue weighted by Crippen LogP contribution is -2.17. The minimum Gasteiger partial charge on any atom is -0.497 e. The molecule has 9 heteroatoms. The van der Waals surface area contributed by atoms with E-state index < -0.39 is 0 Å². The first-order chi connectivity index (χ1) is 14.7. The van der Waals surface area contributed by atoms with Crippen molar-refractivity contribution in [3.05, 3.63) is 76.9 Å². The summed E-state index contributed by atoms with van der Waals surface area (Å²) in [4.78, 5) is 12.7. The van der Waals surface area contributed by atoms with Crippen molar-refractivity contribution in [2.24, 2.45) is 5.10 Å². The van der Waals surface area contributed by atoms with Crippen molar-refractivity contribution >= 4 is 23.7 Å². The first kappa shape index (κ1) is 19.5. The molecule has 0 aliphatic rings. The number of aryl methyl sites for hydroxylation is 1. The van der Waals surface area contributed by atoms with Gasteiger partial charge in [-0.2, -0.15) is 10.2 Å². The fraction of sp³-hybridized carbons (Fsp3) is 0.0952. The van der Waals surface area contributed by atoms with E-state index >= 15 is 0 Å². The molecule has 0 bridgehead atoms. The number of carbonyl (C=O) groups is 1. The van der Waals surface area contributed by atoms with Crippen LogP contribution in [0.2, 0.25) is 0 Å². The zero-order chi connectivity index (χ0) is 20.9. The van der Waals surface area contributed by atoms with Crippen molar-refractivity contribution in [3.8, 4) is 22.7 Å². The molecule has 2 aromatic carbocycles. The SMILES string of the molecule is COc1ccc(-c2nn(-c3ccccc3)cc2/C=N\NC(=O)c2snnc2C)cc1. The van der Waals surface area contributed by atoms with Crippen molar-refractivity contribution in [2.75, 3.05) is 7.11 Å². The summed E-state index contributed by atoms with van der Waals surface area (Å²) in [5.41, 5.74) is 6.40. The van der Waals surface area contributed by atoms with Crippen LogP contribution in [0.4, 0.5) is 0 Å². The molecule has 0 aliphatic heterocycles. The maximum atomic E-state index is 12.2. The molecule has 150 valence electrons. The molecule has 0 aliphatic carbocycles. The monoisotopic (exact) mass is 418 g/mol. The van der Waals surface area contributed by atoms with E-state index in [0.29, 0.717) is 10.6 Å². The van der Waals surface area contributed by atoms with Crippen LogP contribution in [-0.2, 0) is 0 Å². The maximum absolute atomic E-state index is 12.2. The molecule has 0 fully saturated rings. The summed E-state index contributed by atoms with van der Waals surface area (Å²) in [6, 6.07) is 17.4. The van der Waals surface area contributed by atoms with E-state index in [1.165, 1.54) is 0 Å². The Morgan fingerprint density at radius 3 is 2.60 bits per heavy atom. The van der Waals surface area contributed by atoms with Crippen LogP contribution in [0.1, 0.15) is 20.9 Å². The number of rotatable bonds is 6. The zero-order valence-electron chi connectivity index (χ0n) is 16.3. The number of methoxy groups -OCH3 is 1. The van der Waals surface area contributed by atoms with Gasteiger partial charge in [-0.05, 0) is 54.9 Å². The van der Waals surface area contributed by atoms with Gasteiger partial charge in [0.2, 0.25) is 0 Å². The van der Waals surface area contributed by atoms with E-state index in [1.54, 1.807) is 24.9 Å².